The second kappa shape index (κ2) is 4.64. The Kier molecular flexibility index (Phi) is 3.02. The summed E-state index contributed by atoms with van der Waals surface area (Å²) < 4.78 is 5.98. The molecule has 4 aliphatic carbocycles. The monoisotopic (exact) mass is 354 g/mol. The summed E-state index contributed by atoms with van der Waals surface area (Å²) >= 11 is 12.9. The highest BCUT2D eigenvalue weighted by molar-refractivity contribution is 6.30. The first kappa shape index (κ1) is 15.0. The van der Waals surface area contributed by atoms with Gasteiger partial charge in [-0.1, -0.05) is 23.7 Å². The van der Waals surface area contributed by atoms with Gasteiger partial charge in [0.05, 0.1) is 0 Å². The van der Waals surface area contributed by atoms with Gasteiger partial charge in [-0.25, -0.2) is 4.89 Å². The Bertz CT molecular complexity index is 626. The second-order valence-corrected chi connectivity index (χ2v) is 9.02. The number of benzene rings is 1. The number of methoxy groups -OCH3 is 1. The zero-order valence-corrected chi connectivity index (χ0v) is 14.6. The third-order valence-electron chi connectivity index (χ3n) is 6.65. The molecule has 6 rings (SSSR count). The Morgan fingerprint density at radius 2 is 1.70 bits per heavy atom. The zero-order chi connectivity index (χ0) is 15.9. The van der Waals surface area contributed by atoms with Crippen molar-refractivity contribution in [2.24, 2.45) is 17.8 Å². The predicted molar refractivity (Wildman–Crippen MR) is 87.2 cm³/mol. The van der Waals surface area contributed by atoms with Crippen LogP contribution in [0.1, 0.15) is 37.7 Å². The van der Waals surface area contributed by atoms with Crippen molar-refractivity contribution in [3.05, 3.63) is 34.9 Å². The summed E-state index contributed by atoms with van der Waals surface area (Å²) in [5, 5.41) is 0.707. The second-order valence-electron chi connectivity index (χ2n) is 7.78. The highest BCUT2D eigenvalue weighted by Gasteiger charge is 2.78. The molecule has 1 aliphatic heterocycles. The molecule has 3 unspecified atom stereocenters. The first-order valence-electron chi connectivity index (χ1n) is 8.38. The standard InChI is InChI=1S/C18H20Cl2O3/c1-21-18(12-2-4-15(19)5-3-12)17(22-23-18)13-6-11-7-14(17)10-16(20,8-11)9-13/h2-5,11,13-14H,6-10H2,1H3. The van der Waals surface area contributed by atoms with Gasteiger partial charge in [0.25, 0.3) is 5.79 Å². The molecule has 1 saturated heterocycles. The van der Waals surface area contributed by atoms with E-state index in [1.165, 1.54) is 0 Å². The SMILES string of the molecule is COC1(c2ccc(Cl)cc2)OOC12C1CC3CC2CC(Cl)(C3)C1. The topological polar surface area (TPSA) is 27.7 Å². The van der Waals surface area contributed by atoms with Gasteiger partial charge < -0.3 is 4.74 Å². The van der Waals surface area contributed by atoms with Crippen molar-refractivity contribution in [1.29, 1.82) is 0 Å². The number of hydrogen-bond donors (Lipinski definition) is 0. The van der Waals surface area contributed by atoms with E-state index in [2.05, 4.69) is 0 Å². The van der Waals surface area contributed by atoms with Crippen molar-refractivity contribution in [2.45, 2.75) is 48.4 Å². The average molecular weight is 355 g/mol. The third kappa shape index (κ3) is 1.73. The van der Waals surface area contributed by atoms with Crippen LogP contribution in [-0.2, 0) is 20.3 Å². The third-order valence-corrected chi connectivity index (χ3v) is 7.37. The van der Waals surface area contributed by atoms with E-state index in [1.54, 1.807) is 7.11 Å². The molecular formula is C18H20Cl2O3. The minimum absolute atomic E-state index is 0.0415. The van der Waals surface area contributed by atoms with Crippen LogP contribution in [0.2, 0.25) is 5.02 Å². The molecule has 5 fully saturated rings. The van der Waals surface area contributed by atoms with E-state index in [9.17, 15) is 0 Å². The van der Waals surface area contributed by atoms with Gasteiger partial charge >= 0.3 is 0 Å². The molecule has 4 bridgehead atoms. The lowest BCUT2D eigenvalue weighted by Crippen LogP contribution is -2.78. The maximum absolute atomic E-state index is 6.89. The summed E-state index contributed by atoms with van der Waals surface area (Å²) in [4.78, 5) is 11.6. The van der Waals surface area contributed by atoms with E-state index < -0.39 is 11.4 Å². The van der Waals surface area contributed by atoms with Crippen molar-refractivity contribution in [3.63, 3.8) is 0 Å². The molecule has 23 heavy (non-hydrogen) atoms. The van der Waals surface area contributed by atoms with Crippen LogP contribution >= 0.6 is 23.2 Å². The fraction of sp³-hybridized carbons (Fsp3) is 0.667. The molecule has 0 N–H and O–H groups in total. The van der Waals surface area contributed by atoms with Crippen LogP contribution in [0.25, 0.3) is 0 Å². The summed E-state index contributed by atoms with van der Waals surface area (Å²) in [5.41, 5.74) is 0.567. The van der Waals surface area contributed by atoms with E-state index in [4.69, 9.17) is 37.7 Å². The van der Waals surface area contributed by atoms with Gasteiger partial charge in [-0.05, 0) is 62.0 Å². The predicted octanol–water partition coefficient (Wildman–Crippen LogP) is 4.66. The molecule has 1 spiro atoms. The molecule has 0 amide bonds. The van der Waals surface area contributed by atoms with Crippen LogP contribution in [0, 0.1) is 17.8 Å². The maximum atomic E-state index is 6.89. The summed E-state index contributed by atoms with van der Waals surface area (Å²) in [5.74, 6) is 0.652. The Labute approximate surface area is 146 Å². The van der Waals surface area contributed by atoms with E-state index in [-0.39, 0.29) is 4.87 Å². The molecule has 5 heteroatoms. The summed E-state index contributed by atoms with van der Waals surface area (Å²) in [6.45, 7) is 0. The van der Waals surface area contributed by atoms with Gasteiger partial charge in [0, 0.05) is 22.6 Å². The largest absolute Gasteiger partial charge is 0.345 e. The van der Waals surface area contributed by atoms with Crippen molar-refractivity contribution < 1.29 is 14.5 Å². The molecular weight excluding hydrogens is 335 g/mol. The fourth-order valence-corrected chi connectivity index (χ4v) is 6.73. The molecule has 1 aromatic rings. The quantitative estimate of drug-likeness (QED) is 0.571. The van der Waals surface area contributed by atoms with Crippen LogP contribution in [0.3, 0.4) is 0 Å². The summed E-state index contributed by atoms with van der Waals surface area (Å²) in [7, 11) is 1.71. The lowest BCUT2D eigenvalue weighted by atomic mass is 9.46. The Morgan fingerprint density at radius 1 is 1.04 bits per heavy atom. The van der Waals surface area contributed by atoms with Crippen LogP contribution < -0.4 is 0 Å². The lowest BCUT2D eigenvalue weighted by Gasteiger charge is -2.70. The van der Waals surface area contributed by atoms with Crippen LogP contribution in [-0.4, -0.2) is 17.6 Å². The van der Waals surface area contributed by atoms with Crippen LogP contribution in [0.5, 0.6) is 0 Å². The van der Waals surface area contributed by atoms with E-state index in [1.807, 2.05) is 24.3 Å². The molecule has 124 valence electrons. The minimum atomic E-state index is -0.840. The summed E-state index contributed by atoms with van der Waals surface area (Å²) in [6.07, 6.45) is 5.45. The van der Waals surface area contributed by atoms with Crippen LogP contribution in [0.4, 0.5) is 0 Å². The summed E-state index contributed by atoms with van der Waals surface area (Å²) in [6, 6.07) is 7.73. The molecule has 3 atom stereocenters. The van der Waals surface area contributed by atoms with Crippen molar-refractivity contribution >= 4 is 23.2 Å². The van der Waals surface area contributed by atoms with E-state index in [0.29, 0.717) is 16.9 Å². The molecule has 0 aromatic heterocycles. The van der Waals surface area contributed by atoms with Crippen molar-refractivity contribution in [3.8, 4) is 0 Å². The van der Waals surface area contributed by atoms with E-state index >= 15 is 0 Å². The van der Waals surface area contributed by atoms with Crippen molar-refractivity contribution in [1.82, 2.24) is 0 Å². The number of alkyl halides is 1. The number of rotatable bonds is 2. The molecule has 1 heterocycles. The number of ether oxygens (including phenoxy) is 1. The highest BCUT2D eigenvalue weighted by atomic mass is 35.5. The van der Waals surface area contributed by atoms with Gasteiger partial charge in [-0.2, -0.15) is 4.89 Å². The number of halogens is 2. The van der Waals surface area contributed by atoms with Gasteiger partial charge in [0.15, 0.2) is 5.60 Å². The normalized spacial score (nSPS) is 50.3. The molecule has 1 aromatic carbocycles. The van der Waals surface area contributed by atoms with Gasteiger partial charge in [0.2, 0.25) is 0 Å². The average Bonchev–Trinajstić information content (AvgIpc) is 2.47. The number of hydrogen-bond acceptors (Lipinski definition) is 3. The van der Waals surface area contributed by atoms with Gasteiger partial charge in [0.1, 0.15) is 0 Å². The maximum Gasteiger partial charge on any atom is 0.260 e. The molecule has 5 aliphatic rings. The van der Waals surface area contributed by atoms with Crippen LogP contribution in [0.15, 0.2) is 24.3 Å². The first-order chi connectivity index (χ1) is 11.0. The Balaban J connectivity index is 1.61. The van der Waals surface area contributed by atoms with Crippen molar-refractivity contribution in [2.75, 3.05) is 7.11 Å². The van der Waals surface area contributed by atoms with Gasteiger partial charge in [-0.15, -0.1) is 11.6 Å². The molecule has 0 radical (unpaired) electrons. The minimum Gasteiger partial charge on any atom is -0.345 e. The smallest absolute Gasteiger partial charge is 0.260 e. The zero-order valence-electron chi connectivity index (χ0n) is 13.1. The lowest BCUT2D eigenvalue weighted by molar-refractivity contribution is -0.645. The Morgan fingerprint density at radius 3 is 2.17 bits per heavy atom. The Hall–Kier alpha value is -0.320. The highest BCUT2D eigenvalue weighted by Crippen LogP contribution is 2.71. The van der Waals surface area contributed by atoms with Gasteiger partial charge in [-0.3, -0.25) is 0 Å². The fourth-order valence-electron chi connectivity index (χ4n) is 6.01. The molecule has 4 saturated carbocycles. The molecule has 3 nitrogen and oxygen atoms in total. The first-order valence-corrected chi connectivity index (χ1v) is 9.14. The van der Waals surface area contributed by atoms with E-state index in [0.717, 1.165) is 43.6 Å².